The SMILES string of the molecule is CC(=N[S+]([O-])C(C)(C)C)c1cc([N+](=O)[O-])cc(C(F)(F)F)c1. The molecule has 0 N–H and O–H groups in total. The molecule has 0 aromatic heterocycles. The van der Waals surface area contributed by atoms with Crippen LogP contribution in [0.3, 0.4) is 0 Å². The van der Waals surface area contributed by atoms with Gasteiger partial charge in [-0.2, -0.15) is 13.2 Å². The van der Waals surface area contributed by atoms with Crippen molar-refractivity contribution in [2.24, 2.45) is 4.40 Å². The van der Waals surface area contributed by atoms with E-state index >= 15 is 0 Å². The van der Waals surface area contributed by atoms with Crippen LogP contribution in [0.25, 0.3) is 0 Å². The van der Waals surface area contributed by atoms with Gasteiger partial charge in [0.1, 0.15) is 16.1 Å². The highest BCUT2D eigenvalue weighted by molar-refractivity contribution is 7.91. The number of nitro groups is 1. The predicted octanol–water partition coefficient (Wildman–Crippen LogP) is 3.88. The first-order valence-electron chi connectivity index (χ1n) is 6.16. The van der Waals surface area contributed by atoms with Crippen LogP contribution in [0.5, 0.6) is 0 Å². The van der Waals surface area contributed by atoms with E-state index in [1.54, 1.807) is 20.8 Å². The van der Waals surface area contributed by atoms with Crippen molar-refractivity contribution in [3.8, 4) is 0 Å². The Morgan fingerprint density at radius 1 is 1.23 bits per heavy atom. The lowest BCUT2D eigenvalue weighted by Crippen LogP contribution is -2.26. The van der Waals surface area contributed by atoms with Gasteiger partial charge in [-0.3, -0.25) is 10.1 Å². The Balaban J connectivity index is 3.38. The molecule has 0 fully saturated rings. The first kappa shape index (κ1) is 18.4. The van der Waals surface area contributed by atoms with E-state index in [2.05, 4.69) is 4.40 Å². The number of nitro benzene ring substituents is 1. The molecule has 0 spiro atoms. The van der Waals surface area contributed by atoms with Gasteiger partial charge in [-0.05, 0) is 33.8 Å². The number of rotatable bonds is 3. The van der Waals surface area contributed by atoms with Gasteiger partial charge >= 0.3 is 6.18 Å². The van der Waals surface area contributed by atoms with Crippen molar-refractivity contribution in [3.63, 3.8) is 0 Å². The van der Waals surface area contributed by atoms with E-state index in [1.807, 2.05) is 0 Å². The summed E-state index contributed by atoms with van der Waals surface area (Å²) < 4.78 is 53.5. The van der Waals surface area contributed by atoms with Gasteiger partial charge in [-0.1, -0.05) is 4.40 Å². The second-order valence-electron chi connectivity index (χ2n) is 5.56. The van der Waals surface area contributed by atoms with Gasteiger partial charge in [0, 0.05) is 17.7 Å². The van der Waals surface area contributed by atoms with Gasteiger partial charge in [0.2, 0.25) is 0 Å². The molecule has 0 bridgehead atoms. The van der Waals surface area contributed by atoms with E-state index in [0.29, 0.717) is 6.07 Å². The van der Waals surface area contributed by atoms with E-state index in [1.165, 1.54) is 6.92 Å². The number of alkyl halides is 3. The number of hydrogen-bond donors (Lipinski definition) is 0. The largest absolute Gasteiger partial charge is 0.591 e. The minimum absolute atomic E-state index is 0.0439. The fourth-order valence-corrected chi connectivity index (χ4v) is 2.03. The van der Waals surface area contributed by atoms with Crippen molar-refractivity contribution in [1.82, 2.24) is 0 Å². The molecule has 122 valence electrons. The van der Waals surface area contributed by atoms with Crippen molar-refractivity contribution in [1.29, 1.82) is 0 Å². The van der Waals surface area contributed by atoms with E-state index in [9.17, 15) is 27.8 Å². The summed E-state index contributed by atoms with van der Waals surface area (Å²) in [6.45, 7) is 6.35. The van der Waals surface area contributed by atoms with Crippen molar-refractivity contribution in [2.75, 3.05) is 0 Å². The smallest absolute Gasteiger partial charge is 0.416 e. The van der Waals surface area contributed by atoms with Crippen LogP contribution in [0.15, 0.2) is 22.6 Å². The summed E-state index contributed by atoms with van der Waals surface area (Å²) in [5.74, 6) is 0. The summed E-state index contributed by atoms with van der Waals surface area (Å²) in [4.78, 5) is 9.86. The Bertz CT molecular complexity index is 610. The average Bonchev–Trinajstić information content (AvgIpc) is 2.35. The second-order valence-corrected chi connectivity index (χ2v) is 7.47. The van der Waals surface area contributed by atoms with Crippen LogP contribution in [0.1, 0.15) is 38.8 Å². The first-order valence-corrected chi connectivity index (χ1v) is 7.27. The Morgan fingerprint density at radius 3 is 2.18 bits per heavy atom. The van der Waals surface area contributed by atoms with Crippen molar-refractivity contribution in [2.45, 2.75) is 38.6 Å². The Hall–Kier alpha value is -1.61. The molecule has 0 heterocycles. The van der Waals surface area contributed by atoms with E-state index < -0.39 is 38.5 Å². The maximum absolute atomic E-state index is 12.8. The number of nitrogens with zero attached hydrogens (tertiary/aromatic N) is 2. The molecule has 0 saturated heterocycles. The summed E-state index contributed by atoms with van der Waals surface area (Å²) in [6, 6.07) is 2.19. The highest BCUT2D eigenvalue weighted by Crippen LogP contribution is 2.33. The highest BCUT2D eigenvalue weighted by Gasteiger charge is 2.33. The molecule has 0 amide bonds. The summed E-state index contributed by atoms with van der Waals surface area (Å²) in [5, 5.41) is 10.8. The molecule has 1 rings (SSSR count). The summed E-state index contributed by atoms with van der Waals surface area (Å²) in [5.41, 5.74) is -1.88. The van der Waals surface area contributed by atoms with E-state index in [4.69, 9.17) is 0 Å². The van der Waals surface area contributed by atoms with Crippen LogP contribution < -0.4 is 0 Å². The molecule has 9 heteroatoms. The fraction of sp³-hybridized carbons (Fsp3) is 0.462. The minimum Gasteiger partial charge on any atom is -0.591 e. The molecule has 0 aliphatic heterocycles. The summed E-state index contributed by atoms with van der Waals surface area (Å²) in [7, 11) is 0. The topological polar surface area (TPSA) is 78.6 Å². The molecule has 1 atom stereocenters. The molecular weight excluding hydrogens is 321 g/mol. The van der Waals surface area contributed by atoms with Crippen LogP contribution in [-0.2, 0) is 17.5 Å². The lowest BCUT2D eigenvalue weighted by molar-refractivity contribution is -0.385. The van der Waals surface area contributed by atoms with Gasteiger partial charge in [-0.25, -0.2) is 0 Å². The zero-order valence-electron chi connectivity index (χ0n) is 12.4. The second kappa shape index (κ2) is 6.25. The molecule has 5 nitrogen and oxygen atoms in total. The van der Waals surface area contributed by atoms with Gasteiger partial charge < -0.3 is 4.55 Å². The first-order chi connectivity index (χ1) is 9.82. The van der Waals surface area contributed by atoms with Gasteiger partial charge in [-0.15, -0.1) is 0 Å². The molecule has 0 radical (unpaired) electrons. The molecular formula is C13H15F3N2O3S. The van der Waals surface area contributed by atoms with Crippen LogP contribution >= 0.6 is 0 Å². The lowest BCUT2D eigenvalue weighted by Gasteiger charge is -2.19. The minimum atomic E-state index is -4.72. The average molecular weight is 336 g/mol. The van der Waals surface area contributed by atoms with E-state index in [0.717, 1.165) is 12.1 Å². The zero-order chi connectivity index (χ0) is 17.3. The third-order valence-corrected chi connectivity index (χ3v) is 4.10. The van der Waals surface area contributed by atoms with Gasteiger partial charge in [0.15, 0.2) is 0 Å². The van der Waals surface area contributed by atoms with Crippen LogP contribution in [0, 0.1) is 10.1 Å². The number of benzene rings is 1. The van der Waals surface area contributed by atoms with Crippen LogP contribution in [0.2, 0.25) is 0 Å². The van der Waals surface area contributed by atoms with Crippen LogP contribution in [-0.4, -0.2) is 19.9 Å². The van der Waals surface area contributed by atoms with E-state index in [-0.39, 0.29) is 11.3 Å². The Kier molecular flexibility index (Phi) is 5.24. The normalized spacial score (nSPS) is 14.8. The number of hydrogen-bond acceptors (Lipinski definition) is 4. The van der Waals surface area contributed by atoms with Crippen molar-refractivity contribution >= 4 is 22.8 Å². The monoisotopic (exact) mass is 336 g/mol. The Morgan fingerprint density at radius 2 is 1.77 bits per heavy atom. The summed E-state index contributed by atoms with van der Waals surface area (Å²) >= 11 is -1.68. The highest BCUT2D eigenvalue weighted by atomic mass is 32.2. The number of non-ortho nitro benzene ring substituents is 1. The molecule has 1 unspecified atom stereocenters. The molecule has 1 aromatic rings. The molecule has 22 heavy (non-hydrogen) atoms. The van der Waals surface area contributed by atoms with Crippen molar-refractivity contribution < 1.29 is 22.6 Å². The zero-order valence-corrected chi connectivity index (χ0v) is 13.2. The fourth-order valence-electron chi connectivity index (χ4n) is 1.40. The molecule has 1 aromatic carbocycles. The molecule has 0 saturated carbocycles. The standard InChI is InChI=1S/C13H15F3N2O3S/c1-8(17-22(21)12(2,3)4)9-5-10(13(14,15)16)7-11(6-9)18(19)20/h5-7H,1-4H3. The van der Waals surface area contributed by atoms with Gasteiger partial charge in [0.25, 0.3) is 5.69 Å². The van der Waals surface area contributed by atoms with Crippen LogP contribution in [0.4, 0.5) is 18.9 Å². The van der Waals surface area contributed by atoms with Gasteiger partial charge in [0.05, 0.1) is 16.2 Å². The van der Waals surface area contributed by atoms with Crippen molar-refractivity contribution in [3.05, 3.63) is 39.4 Å². The predicted molar refractivity (Wildman–Crippen MR) is 78.2 cm³/mol. The third-order valence-electron chi connectivity index (χ3n) is 2.62. The number of halogens is 3. The summed E-state index contributed by atoms with van der Waals surface area (Å²) in [6.07, 6.45) is -4.72. The molecule has 0 aliphatic rings. The lowest BCUT2D eigenvalue weighted by atomic mass is 10.1. The maximum Gasteiger partial charge on any atom is 0.416 e. The molecule has 0 aliphatic carbocycles. The quantitative estimate of drug-likeness (QED) is 0.363. The third kappa shape index (κ3) is 4.70. The maximum atomic E-state index is 12.8. The Labute approximate surface area is 128 Å².